The molecule has 0 aliphatic carbocycles. The molecule has 4 nitrogen and oxygen atoms in total. The van der Waals surface area contributed by atoms with Gasteiger partial charge in [-0.05, 0) is 25.7 Å². The molecule has 0 bridgehead atoms. The SMILES string of the molecule is CC(O)CCC(C)CS(=O)(=O)O. The number of hydrogen-bond donors (Lipinski definition) is 2. The minimum absolute atomic E-state index is 0.102. The number of hydrogen-bond acceptors (Lipinski definition) is 3. The largest absolute Gasteiger partial charge is 0.393 e. The topological polar surface area (TPSA) is 74.6 Å². The van der Waals surface area contributed by atoms with Crippen molar-refractivity contribution in [3.05, 3.63) is 0 Å². The molecule has 0 aliphatic rings. The third kappa shape index (κ3) is 7.97. The van der Waals surface area contributed by atoms with Crippen molar-refractivity contribution in [2.24, 2.45) is 5.92 Å². The summed E-state index contributed by atoms with van der Waals surface area (Å²) in [5.41, 5.74) is 0. The first kappa shape index (κ1) is 11.9. The maximum Gasteiger partial charge on any atom is 0.265 e. The van der Waals surface area contributed by atoms with Crippen LogP contribution in [0.15, 0.2) is 0 Å². The molecule has 0 saturated heterocycles. The summed E-state index contributed by atoms with van der Waals surface area (Å²) in [6.07, 6.45) is 0.766. The fourth-order valence-electron chi connectivity index (χ4n) is 0.969. The van der Waals surface area contributed by atoms with E-state index >= 15 is 0 Å². The van der Waals surface area contributed by atoms with Crippen LogP contribution in [0.2, 0.25) is 0 Å². The zero-order valence-corrected chi connectivity index (χ0v) is 8.21. The summed E-state index contributed by atoms with van der Waals surface area (Å²) >= 11 is 0. The van der Waals surface area contributed by atoms with Gasteiger partial charge in [-0.15, -0.1) is 0 Å². The highest BCUT2D eigenvalue weighted by molar-refractivity contribution is 7.85. The van der Waals surface area contributed by atoms with Gasteiger partial charge >= 0.3 is 0 Å². The summed E-state index contributed by atoms with van der Waals surface area (Å²) in [6, 6.07) is 0. The van der Waals surface area contributed by atoms with E-state index in [4.69, 9.17) is 9.66 Å². The van der Waals surface area contributed by atoms with Gasteiger partial charge in [-0.25, -0.2) is 0 Å². The van der Waals surface area contributed by atoms with Crippen molar-refractivity contribution >= 4 is 10.1 Å². The summed E-state index contributed by atoms with van der Waals surface area (Å²) in [6.45, 7) is 3.39. The fourth-order valence-corrected chi connectivity index (χ4v) is 1.85. The van der Waals surface area contributed by atoms with E-state index in [0.29, 0.717) is 12.8 Å². The maximum absolute atomic E-state index is 10.4. The highest BCUT2D eigenvalue weighted by atomic mass is 32.2. The molecule has 0 saturated carbocycles. The lowest BCUT2D eigenvalue weighted by Crippen LogP contribution is -2.14. The zero-order chi connectivity index (χ0) is 9.78. The van der Waals surface area contributed by atoms with Gasteiger partial charge in [0, 0.05) is 0 Å². The molecule has 0 fully saturated rings. The average molecular weight is 196 g/mol. The van der Waals surface area contributed by atoms with E-state index < -0.39 is 16.2 Å². The normalized spacial score (nSPS) is 17.3. The minimum atomic E-state index is -3.85. The van der Waals surface area contributed by atoms with Crippen molar-refractivity contribution in [1.82, 2.24) is 0 Å². The summed E-state index contributed by atoms with van der Waals surface area (Å²) < 4.78 is 29.2. The molecule has 0 heterocycles. The van der Waals surface area contributed by atoms with E-state index in [-0.39, 0.29) is 11.7 Å². The van der Waals surface area contributed by atoms with Crippen molar-refractivity contribution in [3.63, 3.8) is 0 Å². The Hall–Kier alpha value is -0.130. The zero-order valence-electron chi connectivity index (χ0n) is 7.40. The maximum atomic E-state index is 10.4. The highest BCUT2D eigenvalue weighted by Gasteiger charge is 2.12. The molecule has 0 amide bonds. The van der Waals surface area contributed by atoms with Gasteiger partial charge in [0.1, 0.15) is 0 Å². The molecule has 74 valence electrons. The van der Waals surface area contributed by atoms with Crippen LogP contribution in [0.4, 0.5) is 0 Å². The Bertz CT molecular complexity index is 207. The fraction of sp³-hybridized carbons (Fsp3) is 1.00. The van der Waals surface area contributed by atoms with Crippen molar-refractivity contribution in [3.8, 4) is 0 Å². The lowest BCUT2D eigenvalue weighted by molar-refractivity contribution is 0.176. The van der Waals surface area contributed by atoms with Crippen LogP contribution in [0.3, 0.4) is 0 Å². The minimum Gasteiger partial charge on any atom is -0.393 e. The van der Waals surface area contributed by atoms with Crippen molar-refractivity contribution < 1.29 is 18.1 Å². The molecular formula is C7H16O4S. The Morgan fingerprint density at radius 3 is 2.08 bits per heavy atom. The van der Waals surface area contributed by atoms with Crippen molar-refractivity contribution in [1.29, 1.82) is 0 Å². The number of rotatable bonds is 5. The van der Waals surface area contributed by atoms with Gasteiger partial charge in [-0.3, -0.25) is 4.55 Å². The van der Waals surface area contributed by atoms with Crippen LogP contribution in [0.25, 0.3) is 0 Å². The Labute approximate surface area is 73.4 Å². The van der Waals surface area contributed by atoms with Crippen LogP contribution < -0.4 is 0 Å². The summed E-state index contributed by atoms with van der Waals surface area (Å²) in [5.74, 6) is -0.325. The Morgan fingerprint density at radius 1 is 1.25 bits per heavy atom. The van der Waals surface area contributed by atoms with Gasteiger partial charge in [0.2, 0.25) is 0 Å². The third-order valence-electron chi connectivity index (χ3n) is 1.57. The van der Waals surface area contributed by atoms with Crippen LogP contribution >= 0.6 is 0 Å². The van der Waals surface area contributed by atoms with Gasteiger partial charge in [-0.2, -0.15) is 8.42 Å². The first-order valence-corrected chi connectivity index (χ1v) is 5.55. The molecule has 5 heteroatoms. The standard InChI is InChI=1S/C7H16O4S/c1-6(3-4-7(2)8)5-12(9,10)11/h6-8H,3-5H2,1-2H3,(H,9,10,11). The molecule has 0 aromatic carbocycles. The summed E-state index contributed by atoms with van der Waals surface area (Å²) in [4.78, 5) is 0. The molecule has 0 spiro atoms. The van der Waals surface area contributed by atoms with Gasteiger partial charge < -0.3 is 5.11 Å². The Balaban J connectivity index is 3.68. The lowest BCUT2D eigenvalue weighted by Gasteiger charge is -2.09. The Morgan fingerprint density at radius 2 is 1.75 bits per heavy atom. The number of aliphatic hydroxyl groups excluding tert-OH is 1. The summed E-state index contributed by atoms with van der Waals surface area (Å²) in [5, 5.41) is 8.89. The van der Waals surface area contributed by atoms with E-state index in [9.17, 15) is 8.42 Å². The predicted molar refractivity (Wildman–Crippen MR) is 46.5 cm³/mol. The molecule has 2 unspecified atom stereocenters. The van der Waals surface area contributed by atoms with Crippen LogP contribution in [-0.4, -0.2) is 29.9 Å². The molecule has 0 aliphatic heterocycles. The molecule has 2 atom stereocenters. The average Bonchev–Trinajstić information content (AvgIpc) is 1.79. The van der Waals surface area contributed by atoms with E-state index in [2.05, 4.69) is 0 Å². The second-order valence-electron chi connectivity index (χ2n) is 3.28. The first-order valence-electron chi connectivity index (χ1n) is 3.94. The molecule has 0 aromatic heterocycles. The van der Waals surface area contributed by atoms with Crippen LogP contribution in [0, 0.1) is 5.92 Å². The quantitative estimate of drug-likeness (QED) is 0.634. The molecule has 0 aromatic rings. The predicted octanol–water partition coefficient (Wildman–Crippen LogP) is 0.671. The van der Waals surface area contributed by atoms with Gasteiger partial charge in [0.05, 0.1) is 11.9 Å². The van der Waals surface area contributed by atoms with Crippen molar-refractivity contribution in [2.75, 3.05) is 5.75 Å². The second-order valence-corrected chi connectivity index (χ2v) is 4.78. The number of aliphatic hydroxyl groups is 1. The van der Waals surface area contributed by atoms with Crippen LogP contribution in [-0.2, 0) is 10.1 Å². The molecule has 0 radical (unpaired) electrons. The molecule has 0 rings (SSSR count). The summed E-state index contributed by atoms with van der Waals surface area (Å²) in [7, 11) is -3.85. The lowest BCUT2D eigenvalue weighted by atomic mass is 10.1. The van der Waals surface area contributed by atoms with Gasteiger partial charge in [-0.1, -0.05) is 6.92 Å². The smallest absolute Gasteiger partial charge is 0.265 e. The van der Waals surface area contributed by atoms with Gasteiger partial charge in [0.15, 0.2) is 0 Å². The van der Waals surface area contributed by atoms with Crippen LogP contribution in [0.5, 0.6) is 0 Å². The first-order chi connectivity index (χ1) is 5.31. The van der Waals surface area contributed by atoms with E-state index in [0.717, 1.165) is 0 Å². The molecular weight excluding hydrogens is 180 g/mol. The third-order valence-corrected chi connectivity index (χ3v) is 2.56. The molecule has 2 N–H and O–H groups in total. The highest BCUT2D eigenvalue weighted by Crippen LogP contribution is 2.09. The van der Waals surface area contributed by atoms with Crippen molar-refractivity contribution in [2.45, 2.75) is 32.8 Å². The van der Waals surface area contributed by atoms with E-state index in [1.807, 2.05) is 0 Å². The monoisotopic (exact) mass is 196 g/mol. The molecule has 12 heavy (non-hydrogen) atoms. The van der Waals surface area contributed by atoms with E-state index in [1.54, 1.807) is 13.8 Å². The van der Waals surface area contributed by atoms with Gasteiger partial charge in [0.25, 0.3) is 10.1 Å². The second kappa shape index (κ2) is 4.79. The van der Waals surface area contributed by atoms with E-state index in [1.165, 1.54) is 0 Å². The van der Waals surface area contributed by atoms with Crippen LogP contribution in [0.1, 0.15) is 26.7 Å². The Kier molecular flexibility index (Phi) is 4.74.